The zero-order valence-electron chi connectivity index (χ0n) is 19.4. The Morgan fingerprint density at radius 2 is 1.27 bits per heavy atom. The van der Waals surface area contributed by atoms with Gasteiger partial charge in [-0.25, -0.2) is 0 Å². The molecule has 0 N–H and O–H groups in total. The summed E-state index contributed by atoms with van der Waals surface area (Å²) >= 11 is 0. The molecule has 1 fully saturated rings. The van der Waals surface area contributed by atoms with Crippen LogP contribution in [0.4, 0.5) is 0 Å². The molecule has 6 rings (SSSR count). The fourth-order valence-electron chi connectivity index (χ4n) is 6.36. The summed E-state index contributed by atoms with van der Waals surface area (Å²) in [7, 11) is 0. The summed E-state index contributed by atoms with van der Waals surface area (Å²) < 4.78 is 13.4. The average Bonchev–Trinajstić information content (AvgIpc) is 3.34. The van der Waals surface area contributed by atoms with E-state index in [4.69, 9.17) is 9.47 Å². The highest BCUT2D eigenvalue weighted by molar-refractivity contribution is 6.09. The van der Waals surface area contributed by atoms with Crippen LogP contribution in [-0.2, 0) is 0 Å². The molecule has 0 aromatic heterocycles. The molecule has 2 nitrogen and oxygen atoms in total. The summed E-state index contributed by atoms with van der Waals surface area (Å²) in [5.41, 5.74) is 2.33. The SMILES string of the molecule is CCCC1CCCC1C1COc2ccc3ccccc3c2-c2c(ccc3ccccc23)OC1. The molecule has 2 unspecified atom stereocenters. The van der Waals surface area contributed by atoms with Gasteiger partial charge in [0.15, 0.2) is 0 Å². The van der Waals surface area contributed by atoms with Gasteiger partial charge in [0.05, 0.1) is 13.2 Å². The maximum Gasteiger partial charge on any atom is 0.127 e. The second-order valence-corrected chi connectivity index (χ2v) is 9.85. The second-order valence-electron chi connectivity index (χ2n) is 9.85. The lowest BCUT2D eigenvalue weighted by Crippen LogP contribution is -2.30. The van der Waals surface area contributed by atoms with Crippen LogP contribution in [0.25, 0.3) is 32.7 Å². The third-order valence-corrected chi connectivity index (χ3v) is 7.92. The normalized spacial score (nSPS) is 20.9. The maximum absolute atomic E-state index is 6.69. The molecule has 0 amide bonds. The van der Waals surface area contributed by atoms with Gasteiger partial charge in [-0.05, 0) is 51.9 Å². The lowest BCUT2D eigenvalue weighted by molar-refractivity contribution is 0.109. The van der Waals surface area contributed by atoms with Gasteiger partial charge in [-0.3, -0.25) is 0 Å². The van der Waals surface area contributed by atoms with Gasteiger partial charge in [0.1, 0.15) is 11.5 Å². The monoisotopic (exact) mass is 436 g/mol. The molecular weight excluding hydrogens is 404 g/mol. The fraction of sp³-hybridized carbons (Fsp3) is 0.355. The van der Waals surface area contributed by atoms with Crippen LogP contribution in [0.1, 0.15) is 39.0 Å². The van der Waals surface area contributed by atoms with E-state index in [0.717, 1.165) is 41.8 Å². The number of benzene rings is 4. The minimum atomic E-state index is 0.417. The summed E-state index contributed by atoms with van der Waals surface area (Å²) in [6.07, 6.45) is 6.59. The van der Waals surface area contributed by atoms with Crippen LogP contribution < -0.4 is 9.47 Å². The molecule has 1 saturated carbocycles. The maximum atomic E-state index is 6.69. The van der Waals surface area contributed by atoms with Gasteiger partial charge in [0, 0.05) is 17.0 Å². The third-order valence-electron chi connectivity index (χ3n) is 7.92. The molecule has 0 radical (unpaired) electrons. The lowest BCUT2D eigenvalue weighted by Gasteiger charge is -2.28. The largest absolute Gasteiger partial charge is 0.492 e. The van der Waals surface area contributed by atoms with E-state index in [2.05, 4.69) is 79.7 Å². The van der Waals surface area contributed by atoms with Gasteiger partial charge in [-0.2, -0.15) is 0 Å². The van der Waals surface area contributed by atoms with Crippen molar-refractivity contribution in [1.29, 1.82) is 0 Å². The first kappa shape index (κ1) is 20.6. The van der Waals surface area contributed by atoms with Crippen molar-refractivity contribution in [3.8, 4) is 22.6 Å². The van der Waals surface area contributed by atoms with Crippen LogP contribution >= 0.6 is 0 Å². The van der Waals surface area contributed by atoms with Crippen molar-refractivity contribution in [1.82, 2.24) is 0 Å². The van der Waals surface area contributed by atoms with E-state index in [0.29, 0.717) is 11.8 Å². The van der Waals surface area contributed by atoms with Gasteiger partial charge >= 0.3 is 0 Å². The molecule has 0 saturated heterocycles. The number of ether oxygens (including phenoxy) is 2. The van der Waals surface area contributed by atoms with Crippen LogP contribution in [0, 0.1) is 17.8 Å². The Bertz CT molecular complexity index is 1200. The van der Waals surface area contributed by atoms with Gasteiger partial charge in [-0.15, -0.1) is 0 Å². The van der Waals surface area contributed by atoms with Crippen LogP contribution in [0.2, 0.25) is 0 Å². The van der Waals surface area contributed by atoms with Gasteiger partial charge in [0.25, 0.3) is 0 Å². The van der Waals surface area contributed by atoms with E-state index < -0.39 is 0 Å². The molecule has 4 aromatic carbocycles. The highest BCUT2D eigenvalue weighted by Crippen LogP contribution is 2.47. The second kappa shape index (κ2) is 8.74. The van der Waals surface area contributed by atoms with Crippen molar-refractivity contribution < 1.29 is 9.47 Å². The van der Waals surface area contributed by atoms with Crippen LogP contribution in [0.3, 0.4) is 0 Å². The Kier molecular flexibility index (Phi) is 5.46. The molecule has 1 aliphatic carbocycles. The Labute approximate surface area is 196 Å². The van der Waals surface area contributed by atoms with E-state index in [1.54, 1.807) is 0 Å². The summed E-state index contributed by atoms with van der Waals surface area (Å²) in [4.78, 5) is 0. The molecule has 2 atom stereocenters. The number of hydrogen-bond acceptors (Lipinski definition) is 2. The molecule has 0 spiro atoms. The van der Waals surface area contributed by atoms with Crippen molar-refractivity contribution in [2.75, 3.05) is 13.2 Å². The Morgan fingerprint density at radius 1 is 0.697 bits per heavy atom. The van der Waals surface area contributed by atoms with Crippen LogP contribution in [0.5, 0.6) is 11.5 Å². The Balaban J connectivity index is 1.53. The highest BCUT2D eigenvalue weighted by atomic mass is 16.5. The summed E-state index contributed by atoms with van der Waals surface area (Å²) in [5.74, 6) is 3.87. The number of fused-ring (bicyclic) bond motifs is 7. The fourth-order valence-corrected chi connectivity index (χ4v) is 6.36. The zero-order valence-corrected chi connectivity index (χ0v) is 19.4. The van der Waals surface area contributed by atoms with E-state index in [-0.39, 0.29) is 0 Å². The predicted molar refractivity (Wildman–Crippen MR) is 137 cm³/mol. The third kappa shape index (κ3) is 3.66. The highest BCUT2D eigenvalue weighted by Gasteiger charge is 2.35. The summed E-state index contributed by atoms with van der Waals surface area (Å²) in [6, 6.07) is 26.0. The molecule has 168 valence electrons. The Hall–Kier alpha value is -3.00. The standard InChI is InChI=1S/C31H32O2/c1-2-8-21-11-7-14-25(21)24-19-32-28-17-15-22-9-3-5-12-26(22)30(28)31-27-13-6-4-10-23(27)16-18-29(31)33-20-24/h3-6,9-10,12-13,15-18,21,24-25H,2,7-8,11,14,19-20H2,1H3. The van der Waals surface area contributed by atoms with Crippen molar-refractivity contribution in [3.05, 3.63) is 72.8 Å². The van der Waals surface area contributed by atoms with Crippen molar-refractivity contribution in [3.63, 3.8) is 0 Å². The van der Waals surface area contributed by atoms with E-state index in [1.165, 1.54) is 53.6 Å². The number of rotatable bonds is 3. The molecule has 4 aromatic rings. The molecule has 33 heavy (non-hydrogen) atoms. The quantitative estimate of drug-likeness (QED) is 0.322. The van der Waals surface area contributed by atoms with Crippen LogP contribution in [0.15, 0.2) is 72.8 Å². The van der Waals surface area contributed by atoms with Gasteiger partial charge < -0.3 is 9.47 Å². The lowest BCUT2D eigenvalue weighted by atomic mass is 9.82. The topological polar surface area (TPSA) is 18.5 Å². The van der Waals surface area contributed by atoms with E-state index >= 15 is 0 Å². The minimum Gasteiger partial charge on any atom is -0.492 e. The first-order valence-electron chi connectivity index (χ1n) is 12.6. The smallest absolute Gasteiger partial charge is 0.127 e. The van der Waals surface area contributed by atoms with Gasteiger partial charge in [-0.1, -0.05) is 93.3 Å². The van der Waals surface area contributed by atoms with Gasteiger partial charge in [0.2, 0.25) is 0 Å². The van der Waals surface area contributed by atoms with Crippen molar-refractivity contribution in [2.24, 2.45) is 17.8 Å². The summed E-state index contributed by atoms with van der Waals surface area (Å²) in [5, 5.41) is 4.90. The molecular formula is C31H32O2. The zero-order chi connectivity index (χ0) is 22.2. The number of hydrogen-bond donors (Lipinski definition) is 0. The van der Waals surface area contributed by atoms with Crippen molar-refractivity contribution >= 4 is 21.5 Å². The first-order valence-corrected chi connectivity index (χ1v) is 12.6. The Morgan fingerprint density at radius 3 is 1.85 bits per heavy atom. The first-order chi connectivity index (χ1) is 16.3. The molecule has 2 heteroatoms. The molecule has 1 aliphatic heterocycles. The van der Waals surface area contributed by atoms with E-state index in [9.17, 15) is 0 Å². The summed E-state index contributed by atoms with van der Waals surface area (Å²) in [6.45, 7) is 3.76. The van der Waals surface area contributed by atoms with Crippen LogP contribution in [-0.4, -0.2) is 13.2 Å². The van der Waals surface area contributed by atoms with E-state index in [1.807, 2.05) is 0 Å². The average molecular weight is 437 g/mol. The predicted octanol–water partition coefficient (Wildman–Crippen LogP) is 8.26. The molecule has 2 aliphatic rings. The molecule has 1 heterocycles. The van der Waals surface area contributed by atoms with Crippen molar-refractivity contribution in [2.45, 2.75) is 39.0 Å². The minimum absolute atomic E-state index is 0.417. The molecule has 0 bridgehead atoms.